The minimum absolute atomic E-state index is 0.0105. The third kappa shape index (κ3) is 19.0. The number of rotatable bonds is 21. The van der Waals surface area contributed by atoms with Gasteiger partial charge in [0, 0.05) is 92.4 Å². The molecule has 0 bridgehead atoms. The molecule has 0 unspecified atom stereocenters. The van der Waals surface area contributed by atoms with Crippen LogP contribution in [0.25, 0.3) is 66.9 Å². The van der Waals surface area contributed by atoms with Crippen LogP contribution in [0, 0.1) is 29.1 Å². The van der Waals surface area contributed by atoms with Crippen LogP contribution < -0.4 is 17.2 Å². The van der Waals surface area contributed by atoms with Crippen molar-refractivity contribution < 1.29 is 77.1 Å². The van der Waals surface area contributed by atoms with Gasteiger partial charge in [-0.15, -0.1) is 0 Å². The quantitative estimate of drug-likeness (QED) is 0.0260. The lowest BCUT2D eigenvalue weighted by Gasteiger charge is -2.32. The van der Waals surface area contributed by atoms with Gasteiger partial charge in [0.1, 0.15) is 65.2 Å². The zero-order valence-corrected chi connectivity index (χ0v) is 64.6. The zero-order valence-electron chi connectivity index (χ0n) is 64.6. The van der Waals surface area contributed by atoms with Crippen molar-refractivity contribution >= 4 is 85.6 Å². The monoisotopic (exact) mass is 1670 g/mol. The van der Waals surface area contributed by atoms with E-state index in [-0.39, 0.29) is 97.0 Å². The number of aromatic nitrogens is 12. The van der Waals surface area contributed by atoms with Crippen LogP contribution in [0.3, 0.4) is 0 Å². The van der Waals surface area contributed by atoms with E-state index < -0.39 is 75.3 Å². The molecule has 0 radical (unpaired) electrons. The molecular formula is C86H77F11N18O6. The normalized spacial score (nSPS) is 15.6. The van der Waals surface area contributed by atoms with Crippen molar-refractivity contribution in [3.63, 3.8) is 0 Å². The number of hydrogen-bond donors (Lipinski definition) is 3. The second-order valence-corrected chi connectivity index (χ2v) is 29.1. The number of hydrogen-bond acceptors (Lipinski definition) is 18. The first-order valence-corrected chi connectivity index (χ1v) is 38.3. The van der Waals surface area contributed by atoms with E-state index in [0.29, 0.717) is 125 Å². The molecule has 3 aliphatic heterocycles. The molecule has 6 N–H and O–H groups in total. The molecule has 6 aromatic carbocycles. The summed E-state index contributed by atoms with van der Waals surface area (Å²) in [6.07, 6.45) is 3.20. The number of Topliss-reactive ketones (excluding diaryl/α,β-unsaturated/α-hetero) is 3. The van der Waals surface area contributed by atoms with Gasteiger partial charge >= 0.3 is 12.4 Å². The number of halogens is 11. The third-order valence-corrected chi connectivity index (χ3v) is 21.3. The Labute approximate surface area is 683 Å². The van der Waals surface area contributed by atoms with E-state index in [1.807, 2.05) is 41.1 Å². The van der Waals surface area contributed by atoms with Crippen molar-refractivity contribution in [3.05, 3.63) is 252 Å². The summed E-state index contributed by atoms with van der Waals surface area (Å²) in [4.78, 5) is 105. The van der Waals surface area contributed by atoms with E-state index in [9.17, 15) is 77.1 Å². The van der Waals surface area contributed by atoms with Gasteiger partial charge in [-0.1, -0.05) is 92.5 Å². The summed E-state index contributed by atoms with van der Waals surface area (Å²) in [6, 6.07) is 26.6. The van der Waals surface area contributed by atoms with E-state index in [0.717, 1.165) is 91.1 Å². The Morgan fingerprint density at radius 1 is 0.405 bits per heavy atom. The van der Waals surface area contributed by atoms with Gasteiger partial charge < -0.3 is 31.9 Å². The Balaban J connectivity index is 0.000000157. The maximum absolute atomic E-state index is 14.0. The Hall–Kier alpha value is -13.8. The Bertz CT molecular complexity index is 5940. The number of carbonyl (C=O) groups is 6. The summed E-state index contributed by atoms with van der Waals surface area (Å²) in [5.74, 6) is -7.47. The second-order valence-electron chi connectivity index (χ2n) is 29.1. The number of piperidine rings is 3. The highest BCUT2D eigenvalue weighted by Crippen LogP contribution is 2.41. The van der Waals surface area contributed by atoms with Crippen LogP contribution in [0.2, 0.25) is 0 Å². The average Bonchev–Trinajstić information content (AvgIpc) is 1.63. The number of carbonyl (C=O) groups excluding carboxylic acids is 6. The van der Waals surface area contributed by atoms with Gasteiger partial charge in [0.05, 0.1) is 51.0 Å². The maximum Gasteiger partial charge on any atom is 0.416 e. The molecule has 35 heteroatoms. The fourth-order valence-electron chi connectivity index (χ4n) is 15.1. The van der Waals surface area contributed by atoms with Gasteiger partial charge in [-0.3, -0.25) is 28.8 Å². The van der Waals surface area contributed by atoms with Crippen molar-refractivity contribution in [3.8, 4) is 33.8 Å². The molecule has 3 fully saturated rings. The predicted molar refractivity (Wildman–Crippen MR) is 428 cm³/mol. The second kappa shape index (κ2) is 36.2. The van der Waals surface area contributed by atoms with Gasteiger partial charge in [0.25, 0.3) is 0 Å². The summed E-state index contributed by atoms with van der Waals surface area (Å²) in [6.45, 7) is 14.0. The first-order chi connectivity index (χ1) is 57.9. The van der Waals surface area contributed by atoms with Crippen LogP contribution in [-0.2, 0) is 46.0 Å². The van der Waals surface area contributed by atoms with Gasteiger partial charge in [-0.2, -0.15) is 41.6 Å². The number of nitrogens with zero attached hydrogens (tertiary/aromatic N) is 15. The van der Waals surface area contributed by atoms with Crippen LogP contribution in [0.5, 0.6) is 0 Å². The minimum atomic E-state index is -5.04. The number of anilines is 3. The molecule has 0 spiro atoms. The summed E-state index contributed by atoms with van der Waals surface area (Å²) in [7, 11) is 0. The highest BCUT2D eigenvalue weighted by atomic mass is 19.4. The predicted octanol–water partition coefficient (Wildman–Crippen LogP) is 15.5. The number of amides is 3. The lowest BCUT2D eigenvalue weighted by atomic mass is 9.97. The Morgan fingerprint density at radius 3 is 1.05 bits per heavy atom. The molecule has 3 saturated heterocycles. The summed E-state index contributed by atoms with van der Waals surface area (Å²) in [5, 5.41) is 16.3. The van der Waals surface area contributed by atoms with Crippen LogP contribution in [0.15, 0.2) is 178 Å². The van der Waals surface area contributed by atoms with E-state index in [2.05, 4.69) is 49.6 Å². The standard InChI is InChI=1S/C30H26F6N6O2.C28H25F3N6O2.C28H26F2N6O2/c1-2-24(44)41-11-3-4-22(15-41)42-28-25(27(37)38-16-39-28)26(40-42)18-8-5-17(6-9-18)7-10-23(43)19-12-20(29(31,32)33)14-21(13-19)30(34,35)36;1-2-22(39)36-13-3-4-18(14-36)37-28-23(27(32)33-15-34-28)26(35-37)17-8-5-16(6-9-17)7-12-21(38)19-10-11-20(29)25(31)24(19)30;1-2-24(38)35-11-3-4-22(15-35)36-28-25(27(31)32-16-33-28)26(34-36)18-8-5-17(6-9-18)7-10-23(37)19-12-20(29)14-21(30)13-19/h2,5-6,8-9,12-14,16,22H,1,3-4,7,10-11,15H2,(H2,37,38,39);2,5-6,8-11,15,18H,1,3-4,7,12-14H2,(H2,32,33,34);2,5-6,8-9,12-14,16,22H,1,3-4,7,10-11,15H2,(H2,31,32,33)/t22-;18-;22-/m111/s1. The fourth-order valence-corrected chi connectivity index (χ4v) is 15.1. The highest BCUT2D eigenvalue weighted by Gasteiger charge is 2.39. The number of nitrogens with two attached hydrogens (primary N) is 3. The molecule has 15 rings (SSSR count). The average molecular weight is 1670 g/mol. The zero-order chi connectivity index (χ0) is 86.3. The number of ketones is 3. The van der Waals surface area contributed by atoms with Crippen LogP contribution in [0.4, 0.5) is 65.7 Å². The molecule has 121 heavy (non-hydrogen) atoms. The van der Waals surface area contributed by atoms with E-state index >= 15 is 0 Å². The Morgan fingerprint density at radius 2 is 0.727 bits per heavy atom. The van der Waals surface area contributed by atoms with E-state index in [1.165, 1.54) is 37.2 Å². The van der Waals surface area contributed by atoms with Crippen LogP contribution in [0.1, 0.15) is 135 Å². The third-order valence-electron chi connectivity index (χ3n) is 21.3. The van der Waals surface area contributed by atoms with Crippen LogP contribution in [-0.4, -0.2) is 148 Å². The summed E-state index contributed by atoms with van der Waals surface area (Å²) >= 11 is 0. The minimum Gasteiger partial charge on any atom is -0.383 e. The van der Waals surface area contributed by atoms with Gasteiger partial charge in [-0.25, -0.2) is 65.9 Å². The molecule has 9 heterocycles. The lowest BCUT2D eigenvalue weighted by molar-refractivity contribution is -0.143. The molecule has 3 amide bonds. The van der Waals surface area contributed by atoms with Crippen LogP contribution >= 0.6 is 0 Å². The molecule has 24 nitrogen and oxygen atoms in total. The number of nitrogen functional groups attached to an aromatic ring is 3. The van der Waals surface area contributed by atoms with Crippen molar-refractivity contribution in [2.45, 2.75) is 108 Å². The number of alkyl halides is 6. The van der Waals surface area contributed by atoms with Gasteiger partial charge in [-0.05, 0) is 135 Å². The molecule has 3 aliphatic rings. The SMILES string of the molecule is C=CC(=O)N1CCC[C@@H](n2nc(-c3ccc(CCC(=O)c4cc(C(F)(F)F)cc(C(F)(F)F)c4)cc3)c3c(N)ncnc32)C1.C=CC(=O)N1CCC[C@@H](n2nc(-c3ccc(CCC(=O)c4cc(F)cc(F)c4)cc3)c3c(N)ncnc32)C1.C=CC(=O)N1CCC[C@@H](n2nc(-c3ccc(CCC(=O)c4ccc(F)c(F)c4F)cc3)c3c(N)ncnc32)C1. The summed E-state index contributed by atoms with van der Waals surface area (Å²) < 4.78 is 152. The van der Waals surface area contributed by atoms with Crippen molar-refractivity contribution in [1.29, 1.82) is 0 Å². The van der Waals surface area contributed by atoms with Gasteiger partial charge in [0.15, 0.2) is 51.7 Å². The molecule has 12 aromatic rings. The lowest BCUT2D eigenvalue weighted by Crippen LogP contribution is -2.40. The topological polar surface area (TPSA) is 321 Å². The maximum atomic E-state index is 14.0. The first kappa shape index (κ1) is 85.1. The number of fused-ring (bicyclic) bond motifs is 3. The number of likely N-dealkylation sites (tertiary alicyclic amines) is 3. The van der Waals surface area contributed by atoms with Crippen molar-refractivity contribution in [1.82, 2.24) is 73.9 Å². The summed E-state index contributed by atoms with van der Waals surface area (Å²) in [5.41, 5.74) is 22.4. The largest absolute Gasteiger partial charge is 0.416 e. The van der Waals surface area contributed by atoms with E-state index in [1.54, 1.807) is 60.5 Å². The highest BCUT2D eigenvalue weighted by molar-refractivity contribution is 6.02. The molecule has 0 saturated carbocycles. The number of aryl methyl sites for hydroxylation is 3. The van der Waals surface area contributed by atoms with Gasteiger partial charge in [0.2, 0.25) is 17.7 Å². The molecule has 0 aliphatic carbocycles. The van der Waals surface area contributed by atoms with Crippen molar-refractivity contribution in [2.75, 3.05) is 56.5 Å². The molecular weight excluding hydrogens is 1590 g/mol. The molecule has 6 aromatic heterocycles. The first-order valence-electron chi connectivity index (χ1n) is 38.3. The van der Waals surface area contributed by atoms with Crippen molar-refractivity contribution in [2.24, 2.45) is 0 Å². The Kier molecular flexibility index (Phi) is 25.5. The molecule has 624 valence electrons. The van der Waals surface area contributed by atoms with E-state index in [4.69, 9.17) is 32.5 Å². The fraction of sp³-hybridized carbons (Fsp3) is 0.267. The smallest absolute Gasteiger partial charge is 0.383 e. The number of benzene rings is 6. The molecule has 3 atom stereocenters.